The first-order valence-corrected chi connectivity index (χ1v) is 7.96. The minimum atomic E-state index is -0.627. The first-order valence-electron chi connectivity index (χ1n) is 7.58. The van der Waals surface area contributed by atoms with E-state index in [1.54, 1.807) is 12.3 Å². The molecule has 1 N–H and O–H groups in total. The van der Waals surface area contributed by atoms with Gasteiger partial charge in [0, 0.05) is 24.7 Å². The Labute approximate surface area is 148 Å². The molecule has 8 nitrogen and oxygen atoms in total. The Hall–Kier alpha value is -2.71. The van der Waals surface area contributed by atoms with Crippen molar-refractivity contribution >= 4 is 34.7 Å². The Morgan fingerprint density at radius 3 is 2.68 bits per heavy atom. The standard InChI is InChI=1S/C16H15ClN4O4/c17-13-3-1-11(9-14(13)21(23)24)16(22)19-12-2-4-15(18-10-12)20-5-7-25-8-6-20/h1-4,9-10H,5-8H2,(H,19,22). The Balaban J connectivity index is 1.70. The molecule has 0 atom stereocenters. The number of amides is 1. The number of nitro benzene ring substituents is 1. The number of hydrogen-bond acceptors (Lipinski definition) is 6. The number of nitrogens with one attached hydrogen (secondary N) is 1. The van der Waals surface area contributed by atoms with Crippen LogP contribution in [-0.2, 0) is 4.74 Å². The summed E-state index contributed by atoms with van der Waals surface area (Å²) in [6, 6.07) is 7.45. The third-order valence-electron chi connectivity index (χ3n) is 3.75. The molecular formula is C16H15ClN4O4. The van der Waals surface area contributed by atoms with Crippen LogP contribution >= 0.6 is 11.6 Å². The topological polar surface area (TPSA) is 97.6 Å². The summed E-state index contributed by atoms with van der Waals surface area (Å²) in [4.78, 5) is 29.0. The lowest BCUT2D eigenvalue weighted by molar-refractivity contribution is -0.384. The molecule has 0 aliphatic carbocycles. The molecular weight excluding hydrogens is 348 g/mol. The highest BCUT2D eigenvalue weighted by Crippen LogP contribution is 2.25. The van der Waals surface area contributed by atoms with E-state index in [0.717, 1.165) is 25.0 Å². The van der Waals surface area contributed by atoms with Crippen LogP contribution < -0.4 is 10.2 Å². The van der Waals surface area contributed by atoms with Crippen molar-refractivity contribution in [1.29, 1.82) is 0 Å². The van der Waals surface area contributed by atoms with Gasteiger partial charge in [-0.3, -0.25) is 14.9 Å². The predicted octanol–water partition coefficient (Wildman–Crippen LogP) is 2.73. The van der Waals surface area contributed by atoms with Crippen molar-refractivity contribution in [2.24, 2.45) is 0 Å². The average Bonchev–Trinajstić information content (AvgIpc) is 2.63. The maximum atomic E-state index is 12.3. The van der Waals surface area contributed by atoms with Gasteiger partial charge in [-0.05, 0) is 24.3 Å². The lowest BCUT2D eigenvalue weighted by Crippen LogP contribution is -2.36. The second kappa shape index (κ2) is 7.45. The van der Waals surface area contributed by atoms with Crippen molar-refractivity contribution in [2.75, 3.05) is 36.5 Å². The smallest absolute Gasteiger partial charge is 0.288 e. The van der Waals surface area contributed by atoms with Crippen LogP contribution in [0.15, 0.2) is 36.5 Å². The molecule has 1 amide bonds. The van der Waals surface area contributed by atoms with Gasteiger partial charge in [0.15, 0.2) is 0 Å². The van der Waals surface area contributed by atoms with E-state index >= 15 is 0 Å². The van der Waals surface area contributed by atoms with Crippen LogP contribution in [0, 0.1) is 10.1 Å². The number of aromatic nitrogens is 1. The van der Waals surface area contributed by atoms with Gasteiger partial charge in [-0.1, -0.05) is 11.6 Å². The van der Waals surface area contributed by atoms with Crippen molar-refractivity contribution in [3.05, 3.63) is 57.2 Å². The molecule has 1 fully saturated rings. The number of anilines is 2. The number of carbonyl (C=O) groups is 1. The van der Waals surface area contributed by atoms with Gasteiger partial charge in [-0.15, -0.1) is 0 Å². The summed E-state index contributed by atoms with van der Waals surface area (Å²) in [7, 11) is 0. The third-order valence-corrected chi connectivity index (χ3v) is 4.07. The van der Waals surface area contributed by atoms with Crippen molar-refractivity contribution in [1.82, 2.24) is 4.98 Å². The van der Waals surface area contributed by atoms with E-state index in [1.165, 1.54) is 12.1 Å². The van der Waals surface area contributed by atoms with E-state index in [1.807, 2.05) is 6.07 Å². The fourth-order valence-electron chi connectivity index (χ4n) is 2.44. The first-order chi connectivity index (χ1) is 12.0. The molecule has 25 heavy (non-hydrogen) atoms. The first kappa shape index (κ1) is 17.1. The largest absolute Gasteiger partial charge is 0.378 e. The van der Waals surface area contributed by atoms with Gasteiger partial charge in [0.25, 0.3) is 11.6 Å². The monoisotopic (exact) mass is 362 g/mol. The zero-order valence-corrected chi connectivity index (χ0v) is 13.9. The second-order valence-electron chi connectivity index (χ2n) is 5.38. The molecule has 9 heteroatoms. The van der Waals surface area contributed by atoms with Gasteiger partial charge in [-0.2, -0.15) is 0 Å². The molecule has 0 saturated carbocycles. The molecule has 130 valence electrons. The van der Waals surface area contributed by atoms with Crippen LogP contribution in [0.1, 0.15) is 10.4 Å². The molecule has 0 radical (unpaired) electrons. The minimum Gasteiger partial charge on any atom is -0.378 e. The Bertz CT molecular complexity index is 791. The lowest BCUT2D eigenvalue weighted by Gasteiger charge is -2.27. The van der Waals surface area contributed by atoms with Crippen molar-refractivity contribution in [3.8, 4) is 0 Å². The van der Waals surface area contributed by atoms with Gasteiger partial charge in [0.1, 0.15) is 10.8 Å². The van der Waals surface area contributed by atoms with Crippen molar-refractivity contribution < 1.29 is 14.5 Å². The Morgan fingerprint density at radius 1 is 1.28 bits per heavy atom. The predicted molar refractivity (Wildman–Crippen MR) is 93.3 cm³/mol. The third kappa shape index (κ3) is 4.04. The summed E-state index contributed by atoms with van der Waals surface area (Å²) in [5.74, 6) is 0.337. The van der Waals surface area contributed by atoms with Crippen LogP contribution in [0.25, 0.3) is 0 Å². The fourth-order valence-corrected chi connectivity index (χ4v) is 2.62. The number of nitrogens with zero attached hydrogens (tertiary/aromatic N) is 3. The molecule has 1 aliphatic heterocycles. The maximum Gasteiger partial charge on any atom is 0.288 e. The number of nitro groups is 1. The quantitative estimate of drug-likeness (QED) is 0.663. The SMILES string of the molecule is O=C(Nc1ccc(N2CCOCC2)nc1)c1ccc(Cl)c([N+](=O)[O-])c1. The average molecular weight is 363 g/mol. The number of hydrogen-bond donors (Lipinski definition) is 1. The van der Waals surface area contributed by atoms with Gasteiger partial charge < -0.3 is 15.0 Å². The highest BCUT2D eigenvalue weighted by molar-refractivity contribution is 6.32. The highest BCUT2D eigenvalue weighted by atomic mass is 35.5. The van der Waals surface area contributed by atoms with E-state index in [9.17, 15) is 14.9 Å². The molecule has 1 aromatic heterocycles. The van der Waals surface area contributed by atoms with E-state index in [4.69, 9.17) is 16.3 Å². The lowest BCUT2D eigenvalue weighted by atomic mass is 10.2. The zero-order valence-electron chi connectivity index (χ0n) is 13.1. The van der Waals surface area contributed by atoms with Crippen molar-refractivity contribution in [2.45, 2.75) is 0 Å². The molecule has 2 heterocycles. The summed E-state index contributed by atoms with van der Waals surface area (Å²) in [6.07, 6.45) is 1.55. The summed E-state index contributed by atoms with van der Waals surface area (Å²) in [5, 5.41) is 13.6. The summed E-state index contributed by atoms with van der Waals surface area (Å²) in [5.41, 5.74) is 0.336. The van der Waals surface area contributed by atoms with Gasteiger partial charge >= 0.3 is 0 Å². The highest BCUT2D eigenvalue weighted by Gasteiger charge is 2.17. The number of halogens is 1. The van der Waals surface area contributed by atoms with Gasteiger partial charge in [0.05, 0.1) is 30.0 Å². The Kier molecular flexibility index (Phi) is 5.11. The van der Waals surface area contributed by atoms with Gasteiger partial charge in [-0.25, -0.2) is 4.98 Å². The molecule has 2 aromatic rings. The summed E-state index contributed by atoms with van der Waals surface area (Å²) in [6.45, 7) is 2.87. The van der Waals surface area contributed by atoms with Gasteiger partial charge in [0.2, 0.25) is 0 Å². The number of morpholine rings is 1. The van der Waals surface area contributed by atoms with E-state index in [2.05, 4.69) is 15.2 Å². The van der Waals surface area contributed by atoms with Crippen LogP contribution in [-0.4, -0.2) is 42.1 Å². The van der Waals surface area contributed by atoms with E-state index in [-0.39, 0.29) is 16.3 Å². The van der Waals surface area contributed by atoms with Crippen LogP contribution in [0.2, 0.25) is 5.02 Å². The van der Waals surface area contributed by atoms with E-state index in [0.29, 0.717) is 18.9 Å². The number of pyridine rings is 1. The Morgan fingerprint density at radius 2 is 2.04 bits per heavy atom. The molecule has 1 aliphatic rings. The fraction of sp³-hybridized carbons (Fsp3) is 0.250. The van der Waals surface area contributed by atoms with Crippen LogP contribution in [0.5, 0.6) is 0 Å². The molecule has 0 unspecified atom stereocenters. The minimum absolute atomic E-state index is 0.0157. The normalized spacial score (nSPS) is 14.2. The van der Waals surface area contributed by atoms with Crippen LogP contribution in [0.4, 0.5) is 17.2 Å². The molecule has 1 aromatic carbocycles. The number of benzene rings is 1. The van der Waals surface area contributed by atoms with E-state index < -0.39 is 10.8 Å². The van der Waals surface area contributed by atoms with Crippen LogP contribution in [0.3, 0.4) is 0 Å². The number of ether oxygens (including phenoxy) is 1. The molecule has 0 spiro atoms. The second-order valence-corrected chi connectivity index (χ2v) is 5.79. The summed E-state index contributed by atoms with van der Waals surface area (Å²) >= 11 is 5.75. The van der Waals surface area contributed by atoms with Crippen molar-refractivity contribution in [3.63, 3.8) is 0 Å². The maximum absolute atomic E-state index is 12.3. The molecule has 1 saturated heterocycles. The molecule has 3 rings (SSSR count). The molecule has 0 bridgehead atoms. The summed E-state index contributed by atoms with van der Waals surface area (Å²) < 4.78 is 5.30. The zero-order chi connectivity index (χ0) is 17.8. The number of rotatable bonds is 4. The number of carbonyl (C=O) groups excluding carboxylic acids is 1.